The number of carbonyl (C=O) groups is 2. The lowest BCUT2D eigenvalue weighted by Crippen LogP contribution is -2.53. The first-order chi connectivity index (χ1) is 12.5. The third-order valence-corrected chi connectivity index (χ3v) is 6.81. The van der Waals surface area contributed by atoms with Crippen molar-refractivity contribution < 1.29 is 14.1 Å². The summed E-state index contributed by atoms with van der Waals surface area (Å²) in [5.41, 5.74) is 1.49. The number of likely N-dealkylation sites (tertiary alicyclic amines) is 2. The molecule has 0 atom stereocenters. The quantitative estimate of drug-likeness (QED) is 0.832. The second kappa shape index (κ2) is 6.71. The first-order valence-corrected chi connectivity index (χ1v) is 9.97. The molecule has 0 aromatic carbocycles. The van der Waals surface area contributed by atoms with Gasteiger partial charge in [-0.15, -0.1) is 0 Å². The molecule has 3 aliphatic rings. The number of nitrogens with zero attached hydrogens (tertiary/aromatic N) is 3. The Labute approximate surface area is 154 Å². The van der Waals surface area contributed by atoms with Crippen molar-refractivity contribution in [2.75, 3.05) is 26.2 Å². The molecule has 2 amide bonds. The Morgan fingerprint density at radius 2 is 1.96 bits per heavy atom. The Morgan fingerprint density at radius 3 is 2.54 bits per heavy atom. The molecule has 0 N–H and O–H groups in total. The summed E-state index contributed by atoms with van der Waals surface area (Å²) < 4.78 is 5.15. The summed E-state index contributed by atoms with van der Waals surface area (Å²) >= 11 is 0. The van der Waals surface area contributed by atoms with Crippen LogP contribution in [0.1, 0.15) is 66.8 Å². The molecule has 6 heteroatoms. The second-order valence-electron chi connectivity index (χ2n) is 8.56. The molecule has 0 radical (unpaired) electrons. The van der Waals surface area contributed by atoms with Gasteiger partial charge in [-0.3, -0.25) is 9.59 Å². The minimum atomic E-state index is 0.0364. The van der Waals surface area contributed by atoms with Crippen LogP contribution in [0.3, 0.4) is 0 Å². The van der Waals surface area contributed by atoms with E-state index in [-0.39, 0.29) is 11.3 Å². The van der Waals surface area contributed by atoms with Crippen LogP contribution < -0.4 is 0 Å². The van der Waals surface area contributed by atoms with Gasteiger partial charge < -0.3 is 14.3 Å². The number of aromatic nitrogens is 1. The molecule has 1 aliphatic carbocycles. The highest BCUT2D eigenvalue weighted by molar-refractivity contribution is 5.96. The van der Waals surface area contributed by atoms with Gasteiger partial charge in [-0.2, -0.15) is 0 Å². The van der Waals surface area contributed by atoms with E-state index >= 15 is 0 Å². The molecule has 0 bridgehead atoms. The number of piperidine rings is 2. The fraction of sp³-hybridized carbons (Fsp3) is 0.750. The van der Waals surface area contributed by atoms with Crippen molar-refractivity contribution in [2.24, 2.45) is 11.3 Å². The van der Waals surface area contributed by atoms with Crippen molar-refractivity contribution >= 4 is 11.8 Å². The molecule has 1 spiro atoms. The van der Waals surface area contributed by atoms with Crippen LogP contribution in [0.4, 0.5) is 0 Å². The Hall–Kier alpha value is -1.85. The lowest BCUT2D eigenvalue weighted by atomic mass is 9.71. The fourth-order valence-electron chi connectivity index (χ4n) is 4.79. The number of hydrogen-bond acceptors (Lipinski definition) is 4. The van der Waals surface area contributed by atoms with E-state index in [9.17, 15) is 9.59 Å². The molecule has 26 heavy (non-hydrogen) atoms. The molecule has 1 aromatic rings. The molecule has 6 nitrogen and oxygen atoms in total. The molecular weight excluding hydrogens is 330 g/mol. The first kappa shape index (κ1) is 17.6. The van der Waals surface area contributed by atoms with Gasteiger partial charge in [-0.1, -0.05) is 11.6 Å². The fourth-order valence-corrected chi connectivity index (χ4v) is 4.79. The third kappa shape index (κ3) is 3.14. The van der Waals surface area contributed by atoms with Gasteiger partial charge in [0.05, 0.1) is 5.69 Å². The maximum atomic E-state index is 12.8. The average molecular weight is 359 g/mol. The van der Waals surface area contributed by atoms with Crippen LogP contribution >= 0.6 is 0 Å². The molecule has 4 rings (SSSR count). The zero-order chi connectivity index (χ0) is 18.3. The van der Waals surface area contributed by atoms with Gasteiger partial charge in [0.2, 0.25) is 5.91 Å². The largest absolute Gasteiger partial charge is 0.361 e. The molecule has 3 heterocycles. The van der Waals surface area contributed by atoms with Crippen molar-refractivity contribution in [3.8, 4) is 0 Å². The number of amides is 2. The lowest BCUT2D eigenvalue weighted by Gasteiger charge is -2.48. The van der Waals surface area contributed by atoms with Crippen molar-refractivity contribution in [3.05, 3.63) is 17.0 Å². The topological polar surface area (TPSA) is 66.7 Å². The minimum absolute atomic E-state index is 0.0364. The van der Waals surface area contributed by atoms with Gasteiger partial charge in [0.25, 0.3) is 5.91 Å². The van der Waals surface area contributed by atoms with E-state index in [2.05, 4.69) is 10.1 Å². The van der Waals surface area contributed by atoms with Crippen molar-refractivity contribution in [1.82, 2.24) is 15.0 Å². The first-order valence-electron chi connectivity index (χ1n) is 9.97. The molecule has 3 fully saturated rings. The lowest BCUT2D eigenvalue weighted by molar-refractivity contribution is -0.140. The van der Waals surface area contributed by atoms with Crippen molar-refractivity contribution in [1.29, 1.82) is 0 Å². The summed E-state index contributed by atoms with van der Waals surface area (Å²) in [6.45, 7) is 6.96. The molecule has 142 valence electrons. The predicted octanol–water partition coefficient (Wildman–Crippen LogP) is 2.94. The van der Waals surface area contributed by atoms with Crippen LogP contribution in [0.15, 0.2) is 4.52 Å². The number of hydrogen-bond donors (Lipinski definition) is 0. The summed E-state index contributed by atoms with van der Waals surface area (Å²) in [6.07, 6.45) is 7.47. The van der Waals surface area contributed by atoms with E-state index in [0.29, 0.717) is 29.3 Å². The number of aryl methyl sites for hydroxylation is 2. The van der Waals surface area contributed by atoms with Gasteiger partial charge in [-0.25, -0.2) is 0 Å². The van der Waals surface area contributed by atoms with Crippen LogP contribution in [0.5, 0.6) is 0 Å². The highest BCUT2D eigenvalue weighted by atomic mass is 16.5. The van der Waals surface area contributed by atoms with E-state index < -0.39 is 0 Å². The zero-order valence-electron chi connectivity index (χ0n) is 15.9. The van der Waals surface area contributed by atoms with E-state index in [4.69, 9.17) is 4.52 Å². The Bertz CT molecular complexity index is 680. The maximum absolute atomic E-state index is 12.8. The Kier molecular flexibility index (Phi) is 4.53. The summed E-state index contributed by atoms with van der Waals surface area (Å²) in [4.78, 5) is 29.2. The highest BCUT2D eigenvalue weighted by Crippen LogP contribution is 2.41. The normalized spacial score (nSPS) is 23.4. The molecule has 0 unspecified atom stereocenters. The van der Waals surface area contributed by atoms with E-state index in [0.717, 1.165) is 51.4 Å². The van der Waals surface area contributed by atoms with Gasteiger partial charge in [0.1, 0.15) is 11.3 Å². The highest BCUT2D eigenvalue weighted by Gasteiger charge is 2.42. The molecule has 1 aromatic heterocycles. The van der Waals surface area contributed by atoms with Crippen molar-refractivity contribution in [2.45, 2.75) is 58.8 Å². The van der Waals surface area contributed by atoms with E-state index in [1.165, 1.54) is 19.3 Å². The van der Waals surface area contributed by atoms with Gasteiger partial charge in [0, 0.05) is 32.6 Å². The Morgan fingerprint density at radius 1 is 1.23 bits per heavy atom. The summed E-state index contributed by atoms with van der Waals surface area (Å²) in [7, 11) is 0. The van der Waals surface area contributed by atoms with Crippen LogP contribution in [0, 0.1) is 25.2 Å². The molecule has 2 aliphatic heterocycles. The van der Waals surface area contributed by atoms with Crippen LogP contribution in [0.25, 0.3) is 0 Å². The molecule has 1 saturated carbocycles. The number of carbonyl (C=O) groups excluding carboxylic acids is 2. The number of rotatable bonds is 3. The molecular formula is C20H29N3O3. The van der Waals surface area contributed by atoms with E-state index in [1.54, 1.807) is 6.92 Å². The second-order valence-corrected chi connectivity index (χ2v) is 8.56. The van der Waals surface area contributed by atoms with Crippen molar-refractivity contribution in [3.63, 3.8) is 0 Å². The summed E-state index contributed by atoms with van der Waals surface area (Å²) in [6, 6.07) is 0. The van der Waals surface area contributed by atoms with Crippen LogP contribution in [0.2, 0.25) is 0 Å². The summed E-state index contributed by atoms with van der Waals surface area (Å²) in [5, 5.41) is 3.91. The van der Waals surface area contributed by atoms with Crippen LogP contribution in [-0.2, 0) is 4.79 Å². The van der Waals surface area contributed by atoms with Crippen LogP contribution in [-0.4, -0.2) is 52.9 Å². The average Bonchev–Trinajstić information content (AvgIpc) is 2.93. The SMILES string of the molecule is Cc1noc(C)c1C(=O)N1CCC2(CCC(=O)N(CC3CCC3)C2)CC1. The smallest absolute Gasteiger partial charge is 0.259 e. The van der Waals surface area contributed by atoms with E-state index in [1.807, 2.05) is 11.8 Å². The standard InChI is InChI=1S/C20H29N3O3/c1-14-18(15(2)26-21-14)19(25)22-10-8-20(9-11-22)7-6-17(24)23(13-20)12-16-4-3-5-16/h16H,3-13H2,1-2H3. The van der Waals surface area contributed by atoms with Gasteiger partial charge >= 0.3 is 0 Å². The zero-order valence-corrected chi connectivity index (χ0v) is 15.9. The third-order valence-electron chi connectivity index (χ3n) is 6.81. The van der Waals surface area contributed by atoms with Gasteiger partial charge in [-0.05, 0) is 57.3 Å². The minimum Gasteiger partial charge on any atom is -0.361 e. The maximum Gasteiger partial charge on any atom is 0.259 e. The van der Waals surface area contributed by atoms with Gasteiger partial charge in [0.15, 0.2) is 0 Å². The summed E-state index contributed by atoms with van der Waals surface area (Å²) in [5.74, 6) is 1.68. The Balaban J connectivity index is 1.39. The predicted molar refractivity (Wildman–Crippen MR) is 96.7 cm³/mol. The molecule has 2 saturated heterocycles. The monoisotopic (exact) mass is 359 g/mol.